The lowest BCUT2D eigenvalue weighted by Crippen LogP contribution is -2.46. The van der Waals surface area contributed by atoms with Gasteiger partial charge in [-0.3, -0.25) is 9.59 Å². The molecule has 0 saturated carbocycles. The molecule has 3 rings (SSSR count). The van der Waals surface area contributed by atoms with Crippen LogP contribution in [0.1, 0.15) is 42.9 Å². The van der Waals surface area contributed by atoms with Crippen molar-refractivity contribution in [1.82, 2.24) is 0 Å². The number of carboxylic acid groups (broad SMARTS) is 1. The number of hydrogen-bond donors (Lipinski definition) is 1. The van der Waals surface area contributed by atoms with Gasteiger partial charge < -0.3 is 9.84 Å². The van der Waals surface area contributed by atoms with E-state index >= 15 is 0 Å². The number of aliphatic carboxylic acids is 1. The number of ketones is 1. The van der Waals surface area contributed by atoms with Gasteiger partial charge in [0.25, 0.3) is 0 Å². The predicted octanol–water partition coefficient (Wildman–Crippen LogP) is 4.71. The molecular weight excluding hydrogens is 352 g/mol. The third-order valence-electron chi connectivity index (χ3n) is 5.59. The molecule has 28 heavy (non-hydrogen) atoms. The molecule has 0 fully saturated rings. The van der Waals surface area contributed by atoms with E-state index in [9.17, 15) is 14.7 Å². The van der Waals surface area contributed by atoms with E-state index < -0.39 is 11.4 Å². The van der Waals surface area contributed by atoms with Gasteiger partial charge in [0.15, 0.2) is 0 Å². The summed E-state index contributed by atoms with van der Waals surface area (Å²) in [5, 5.41) is 9.56. The maximum atomic E-state index is 13.3. The second-order valence-corrected chi connectivity index (χ2v) is 7.41. The topological polar surface area (TPSA) is 63.6 Å². The Labute approximate surface area is 165 Å². The minimum atomic E-state index is -1.08. The van der Waals surface area contributed by atoms with Crippen molar-refractivity contribution in [2.75, 3.05) is 0 Å². The van der Waals surface area contributed by atoms with Crippen LogP contribution in [0.25, 0.3) is 0 Å². The molecule has 0 heterocycles. The molecule has 146 valence electrons. The van der Waals surface area contributed by atoms with Crippen molar-refractivity contribution in [1.29, 1.82) is 0 Å². The van der Waals surface area contributed by atoms with E-state index in [-0.39, 0.29) is 18.1 Å². The van der Waals surface area contributed by atoms with Crippen LogP contribution in [0.15, 0.2) is 61.2 Å². The Bertz CT molecular complexity index is 871. The van der Waals surface area contributed by atoms with E-state index in [1.807, 2.05) is 55.5 Å². The Hall–Kier alpha value is -2.88. The normalized spacial score (nSPS) is 21.0. The Balaban J connectivity index is 2.00. The molecule has 0 saturated heterocycles. The molecule has 0 amide bonds. The third-order valence-corrected chi connectivity index (χ3v) is 5.59. The van der Waals surface area contributed by atoms with Crippen LogP contribution in [0.4, 0.5) is 0 Å². The lowest BCUT2D eigenvalue weighted by Gasteiger charge is -2.40. The number of hydrogen-bond acceptors (Lipinski definition) is 3. The Morgan fingerprint density at radius 2 is 2.04 bits per heavy atom. The van der Waals surface area contributed by atoms with Gasteiger partial charge in [0.2, 0.25) is 0 Å². The molecule has 4 nitrogen and oxygen atoms in total. The largest absolute Gasteiger partial charge is 0.489 e. The van der Waals surface area contributed by atoms with Crippen molar-refractivity contribution in [2.24, 2.45) is 5.92 Å². The Morgan fingerprint density at radius 1 is 1.29 bits per heavy atom. The van der Waals surface area contributed by atoms with Gasteiger partial charge in [0, 0.05) is 5.92 Å². The summed E-state index contributed by atoms with van der Waals surface area (Å²) < 4.78 is 5.94. The van der Waals surface area contributed by atoms with Gasteiger partial charge in [-0.25, -0.2) is 0 Å². The zero-order valence-corrected chi connectivity index (χ0v) is 16.2. The summed E-state index contributed by atoms with van der Waals surface area (Å²) in [5.74, 6) is -0.495. The number of Topliss-reactive ketones (excluding diaryl/α,β-unsaturated/α-hetero) is 1. The van der Waals surface area contributed by atoms with Gasteiger partial charge in [-0.2, -0.15) is 0 Å². The average Bonchev–Trinajstić information content (AvgIpc) is 2.70. The van der Waals surface area contributed by atoms with E-state index in [2.05, 4.69) is 6.58 Å². The van der Waals surface area contributed by atoms with E-state index in [1.165, 1.54) is 0 Å². The molecule has 1 N–H and O–H groups in total. The Morgan fingerprint density at radius 3 is 2.68 bits per heavy atom. The smallest absolute Gasteiger partial charge is 0.304 e. The van der Waals surface area contributed by atoms with E-state index in [0.29, 0.717) is 31.6 Å². The van der Waals surface area contributed by atoms with Crippen LogP contribution in [-0.2, 0) is 28.0 Å². The minimum Gasteiger partial charge on any atom is -0.489 e. The van der Waals surface area contributed by atoms with Crippen LogP contribution < -0.4 is 4.74 Å². The van der Waals surface area contributed by atoms with E-state index in [4.69, 9.17) is 4.74 Å². The summed E-state index contributed by atoms with van der Waals surface area (Å²) in [6.07, 6.45) is 3.07. The first-order valence-corrected chi connectivity index (χ1v) is 9.67. The van der Waals surface area contributed by atoms with Crippen LogP contribution >= 0.6 is 0 Å². The number of fused-ring (bicyclic) bond motifs is 1. The van der Waals surface area contributed by atoms with E-state index in [0.717, 1.165) is 16.7 Å². The number of rotatable bonds is 8. The fraction of sp³-hybridized carbons (Fsp3) is 0.333. The van der Waals surface area contributed by atoms with Gasteiger partial charge in [-0.1, -0.05) is 49.4 Å². The van der Waals surface area contributed by atoms with Crippen LogP contribution in [0, 0.1) is 5.92 Å². The summed E-state index contributed by atoms with van der Waals surface area (Å²) in [4.78, 5) is 25.0. The minimum absolute atomic E-state index is 0.00464. The number of benzene rings is 2. The summed E-state index contributed by atoms with van der Waals surface area (Å²) in [5.41, 5.74) is 1.77. The fourth-order valence-electron chi connectivity index (χ4n) is 4.19. The van der Waals surface area contributed by atoms with Crippen LogP contribution in [-0.4, -0.2) is 16.9 Å². The number of ether oxygens (including phenoxy) is 1. The van der Waals surface area contributed by atoms with Crippen molar-refractivity contribution in [3.63, 3.8) is 0 Å². The maximum Gasteiger partial charge on any atom is 0.304 e. The monoisotopic (exact) mass is 378 g/mol. The van der Waals surface area contributed by atoms with Gasteiger partial charge in [0.1, 0.15) is 18.1 Å². The van der Waals surface area contributed by atoms with Crippen molar-refractivity contribution < 1.29 is 19.4 Å². The molecule has 2 aromatic rings. The maximum absolute atomic E-state index is 13.3. The molecule has 4 heteroatoms. The molecule has 2 unspecified atom stereocenters. The highest BCUT2D eigenvalue weighted by Crippen LogP contribution is 2.44. The van der Waals surface area contributed by atoms with Crippen LogP contribution in [0.5, 0.6) is 5.75 Å². The number of carbonyl (C=O) groups is 2. The standard InChI is InChI=1S/C24H26O4/c1-3-12-24(15-22(25)26)21-14-20(28-16-17-8-6-5-7-9-17)11-10-19(21)13-18(4-2)23(24)27/h3,5-11,14,18H,1,4,12-13,15-16H2,2H3,(H,25,26). The Kier molecular flexibility index (Phi) is 5.98. The van der Waals surface area contributed by atoms with Crippen LogP contribution in [0.2, 0.25) is 0 Å². The molecule has 0 aromatic heterocycles. The highest BCUT2D eigenvalue weighted by molar-refractivity contribution is 5.97. The van der Waals surface area contributed by atoms with E-state index in [1.54, 1.807) is 6.08 Å². The number of allylic oxidation sites excluding steroid dienone is 1. The molecule has 1 aliphatic rings. The van der Waals surface area contributed by atoms with Gasteiger partial charge >= 0.3 is 5.97 Å². The number of carboxylic acids is 1. The summed E-state index contributed by atoms with van der Waals surface area (Å²) in [6.45, 7) is 6.18. The lowest BCUT2D eigenvalue weighted by atomic mass is 9.61. The number of carbonyl (C=O) groups excluding carboxylic acids is 1. The molecule has 0 bridgehead atoms. The second-order valence-electron chi connectivity index (χ2n) is 7.41. The molecule has 2 atom stereocenters. The first-order chi connectivity index (χ1) is 13.5. The predicted molar refractivity (Wildman–Crippen MR) is 108 cm³/mol. The SMILES string of the molecule is C=CCC1(CC(=O)O)C(=O)C(CC)Cc2ccc(OCc3ccccc3)cc21. The zero-order valence-electron chi connectivity index (χ0n) is 16.2. The summed E-state index contributed by atoms with van der Waals surface area (Å²) >= 11 is 0. The van der Waals surface area contributed by atoms with Gasteiger partial charge in [-0.05, 0) is 48.1 Å². The first-order valence-electron chi connectivity index (χ1n) is 9.67. The van der Waals surface area contributed by atoms with Crippen molar-refractivity contribution >= 4 is 11.8 Å². The van der Waals surface area contributed by atoms with Gasteiger partial charge in [-0.15, -0.1) is 6.58 Å². The van der Waals surface area contributed by atoms with Crippen molar-refractivity contribution in [3.05, 3.63) is 77.9 Å². The molecule has 0 radical (unpaired) electrons. The summed E-state index contributed by atoms with van der Waals surface area (Å²) in [7, 11) is 0. The third kappa shape index (κ3) is 3.86. The molecule has 1 aliphatic carbocycles. The summed E-state index contributed by atoms with van der Waals surface area (Å²) in [6, 6.07) is 15.6. The zero-order chi connectivity index (χ0) is 20.1. The molecular formula is C24H26O4. The molecule has 0 aliphatic heterocycles. The second kappa shape index (κ2) is 8.42. The molecule has 2 aromatic carbocycles. The highest BCUT2D eigenvalue weighted by Gasteiger charge is 2.48. The van der Waals surface area contributed by atoms with Crippen molar-refractivity contribution in [3.8, 4) is 5.75 Å². The highest BCUT2D eigenvalue weighted by atomic mass is 16.5. The lowest BCUT2D eigenvalue weighted by molar-refractivity contribution is -0.143. The van der Waals surface area contributed by atoms with Crippen LogP contribution in [0.3, 0.4) is 0 Å². The first kappa shape index (κ1) is 19.9. The average molecular weight is 378 g/mol. The van der Waals surface area contributed by atoms with Crippen molar-refractivity contribution in [2.45, 2.75) is 44.6 Å². The quantitative estimate of drug-likeness (QED) is 0.676. The fourth-order valence-corrected chi connectivity index (χ4v) is 4.19. The van der Waals surface area contributed by atoms with Gasteiger partial charge in [0.05, 0.1) is 11.8 Å². The molecule has 0 spiro atoms.